The van der Waals surface area contributed by atoms with Crippen LogP contribution in [0.15, 0.2) is 42.5 Å². The number of rotatable bonds is 2. The first-order chi connectivity index (χ1) is 12.9. The molecule has 1 heterocycles. The predicted octanol–water partition coefficient (Wildman–Crippen LogP) is 4.98. The Morgan fingerprint density at radius 1 is 1.07 bits per heavy atom. The summed E-state index contributed by atoms with van der Waals surface area (Å²) >= 11 is 0. The summed E-state index contributed by atoms with van der Waals surface area (Å²) in [5, 5.41) is 14.7. The van der Waals surface area contributed by atoms with Crippen molar-refractivity contribution in [3.05, 3.63) is 53.6 Å². The second-order valence-electron chi connectivity index (χ2n) is 7.19. The zero-order chi connectivity index (χ0) is 19.3. The number of carbonyl (C=O) groups excluding carboxylic acids is 1. The number of ketones is 1. The van der Waals surface area contributed by atoms with Gasteiger partial charge in [0.2, 0.25) is 0 Å². The van der Waals surface area contributed by atoms with Gasteiger partial charge in [-0.1, -0.05) is 25.1 Å². The third-order valence-electron chi connectivity index (χ3n) is 5.47. The first-order valence-corrected chi connectivity index (χ1v) is 9.06. The maximum atomic E-state index is 12.3. The van der Waals surface area contributed by atoms with Crippen LogP contribution in [0, 0.1) is 12.8 Å². The Balaban J connectivity index is 1.99. The first kappa shape index (κ1) is 17.4. The molecule has 1 aliphatic rings. The summed E-state index contributed by atoms with van der Waals surface area (Å²) in [6.07, 6.45) is 1.27. The quantitative estimate of drug-likeness (QED) is 0.653. The van der Waals surface area contributed by atoms with E-state index in [1.165, 1.54) is 6.08 Å². The van der Waals surface area contributed by atoms with Gasteiger partial charge in [-0.25, -0.2) is 0 Å². The number of hydrogen-bond donors (Lipinski definition) is 1. The molecule has 3 aromatic rings. The lowest BCUT2D eigenvalue weighted by Gasteiger charge is -2.27. The van der Waals surface area contributed by atoms with E-state index in [9.17, 15) is 9.90 Å². The van der Waals surface area contributed by atoms with E-state index in [1.54, 1.807) is 7.11 Å². The van der Waals surface area contributed by atoms with Crippen LogP contribution in [0.2, 0.25) is 0 Å². The van der Waals surface area contributed by atoms with Gasteiger partial charge in [-0.2, -0.15) is 0 Å². The molecule has 0 fully saturated rings. The summed E-state index contributed by atoms with van der Waals surface area (Å²) in [5.41, 5.74) is 1.44. The third-order valence-corrected chi connectivity index (χ3v) is 5.47. The van der Waals surface area contributed by atoms with Crippen LogP contribution in [0.5, 0.6) is 11.5 Å². The van der Waals surface area contributed by atoms with E-state index < -0.39 is 0 Å². The number of hydrogen-bond acceptors (Lipinski definition) is 4. The van der Waals surface area contributed by atoms with E-state index >= 15 is 0 Å². The van der Waals surface area contributed by atoms with Gasteiger partial charge in [0.15, 0.2) is 5.78 Å². The van der Waals surface area contributed by atoms with Crippen LogP contribution in [0.25, 0.3) is 27.3 Å². The second-order valence-corrected chi connectivity index (χ2v) is 7.19. The van der Waals surface area contributed by atoms with E-state index in [1.807, 2.05) is 57.2 Å². The summed E-state index contributed by atoms with van der Waals surface area (Å²) in [6.45, 7) is 5.65. The maximum Gasteiger partial charge on any atom is 0.165 e. The van der Waals surface area contributed by atoms with Gasteiger partial charge in [0.1, 0.15) is 23.4 Å². The number of aryl methyl sites for hydroxylation is 1. The van der Waals surface area contributed by atoms with Crippen LogP contribution in [-0.4, -0.2) is 24.1 Å². The van der Waals surface area contributed by atoms with Crippen molar-refractivity contribution in [3.8, 4) is 11.5 Å². The summed E-state index contributed by atoms with van der Waals surface area (Å²) in [4.78, 5) is 12.3. The van der Waals surface area contributed by atoms with Gasteiger partial charge in [0, 0.05) is 16.8 Å². The molecular formula is C23H22O4. The molecule has 0 spiro atoms. The molecule has 0 saturated heterocycles. The molecule has 4 nitrogen and oxygen atoms in total. The molecule has 4 rings (SSSR count). The fourth-order valence-electron chi connectivity index (χ4n) is 3.71. The molecule has 4 heteroatoms. The van der Waals surface area contributed by atoms with Crippen molar-refractivity contribution in [3.63, 3.8) is 0 Å². The maximum absolute atomic E-state index is 12.3. The molecule has 0 saturated carbocycles. The number of methoxy groups -OCH3 is 1. The van der Waals surface area contributed by atoms with Crippen molar-refractivity contribution < 1.29 is 19.4 Å². The summed E-state index contributed by atoms with van der Waals surface area (Å²) in [7, 11) is 1.63. The van der Waals surface area contributed by atoms with Gasteiger partial charge in [-0.3, -0.25) is 4.79 Å². The predicted molar refractivity (Wildman–Crippen MR) is 107 cm³/mol. The average molecular weight is 362 g/mol. The van der Waals surface area contributed by atoms with Crippen molar-refractivity contribution in [2.45, 2.75) is 26.9 Å². The molecule has 0 unspecified atom stereocenters. The summed E-state index contributed by atoms with van der Waals surface area (Å²) in [5.74, 6) is 1.13. The minimum atomic E-state index is -0.233. The highest BCUT2D eigenvalue weighted by Crippen LogP contribution is 2.41. The molecular weight excluding hydrogens is 340 g/mol. The Hall–Kier alpha value is -3.01. The van der Waals surface area contributed by atoms with Gasteiger partial charge >= 0.3 is 0 Å². The largest absolute Gasteiger partial charge is 0.507 e. The molecule has 0 aromatic heterocycles. The van der Waals surface area contributed by atoms with Crippen LogP contribution < -0.4 is 4.74 Å². The number of aromatic hydroxyl groups is 1. The fourth-order valence-corrected chi connectivity index (χ4v) is 3.71. The van der Waals surface area contributed by atoms with Crippen LogP contribution in [-0.2, 0) is 9.53 Å². The second kappa shape index (κ2) is 6.31. The van der Waals surface area contributed by atoms with Gasteiger partial charge in [-0.15, -0.1) is 0 Å². The van der Waals surface area contributed by atoms with E-state index in [0.29, 0.717) is 16.7 Å². The molecule has 0 bridgehead atoms. The highest BCUT2D eigenvalue weighted by Gasteiger charge is 2.29. The Morgan fingerprint density at radius 2 is 1.85 bits per heavy atom. The minimum absolute atomic E-state index is 0.0165. The number of fused-ring (bicyclic) bond motifs is 2. The molecule has 0 amide bonds. The van der Waals surface area contributed by atoms with E-state index in [0.717, 1.165) is 27.5 Å². The monoisotopic (exact) mass is 362 g/mol. The van der Waals surface area contributed by atoms with Crippen LogP contribution in [0.1, 0.15) is 25.0 Å². The standard InChI is InChI=1S/C23H22O4/c1-12-8-16-9-15-6-5-7-20(26-4)17(15)10-18(16)23(25)22(12)21-11-19(24)13(2)14(3)27-21/h5-11,13-14,25H,1-4H3/t13-,14-/m0/s1. The number of allylic oxidation sites excluding steroid dienone is 1. The van der Waals surface area contributed by atoms with E-state index in [2.05, 4.69) is 0 Å². The summed E-state index contributed by atoms with van der Waals surface area (Å²) in [6, 6.07) is 11.8. The van der Waals surface area contributed by atoms with E-state index in [4.69, 9.17) is 9.47 Å². The molecule has 27 heavy (non-hydrogen) atoms. The SMILES string of the molecule is COc1cccc2cc3cc(C)c(C4=CC(=O)[C@@H](C)[C@H](C)O4)c(O)c3cc12. The molecule has 1 aliphatic heterocycles. The van der Waals surface area contributed by atoms with Crippen LogP contribution >= 0.6 is 0 Å². The molecule has 0 radical (unpaired) electrons. The number of ether oxygens (including phenoxy) is 2. The van der Waals surface area contributed by atoms with Crippen molar-refractivity contribution in [1.82, 2.24) is 0 Å². The molecule has 3 aromatic carbocycles. The molecule has 0 aliphatic carbocycles. The van der Waals surface area contributed by atoms with Gasteiger partial charge in [0.25, 0.3) is 0 Å². The number of benzene rings is 3. The topological polar surface area (TPSA) is 55.8 Å². The van der Waals surface area contributed by atoms with Crippen LogP contribution in [0.3, 0.4) is 0 Å². The molecule has 1 N–H and O–H groups in total. The third kappa shape index (κ3) is 2.72. The van der Waals surface area contributed by atoms with E-state index in [-0.39, 0.29) is 23.6 Å². The lowest BCUT2D eigenvalue weighted by molar-refractivity contribution is -0.121. The number of phenolic OH excluding ortho intramolecular Hbond substituents is 1. The average Bonchev–Trinajstić information content (AvgIpc) is 2.64. The Labute approximate surface area is 158 Å². The first-order valence-electron chi connectivity index (χ1n) is 9.06. The lowest BCUT2D eigenvalue weighted by Crippen LogP contribution is -2.28. The van der Waals surface area contributed by atoms with Crippen LogP contribution in [0.4, 0.5) is 0 Å². The zero-order valence-electron chi connectivity index (χ0n) is 15.9. The lowest BCUT2D eigenvalue weighted by atomic mass is 9.92. The van der Waals surface area contributed by atoms with Crippen molar-refractivity contribution >= 4 is 33.1 Å². The van der Waals surface area contributed by atoms with Crippen molar-refractivity contribution in [2.24, 2.45) is 5.92 Å². The Kier molecular flexibility index (Phi) is 4.06. The van der Waals surface area contributed by atoms with Gasteiger partial charge in [0.05, 0.1) is 18.6 Å². The zero-order valence-corrected chi connectivity index (χ0v) is 15.9. The highest BCUT2D eigenvalue weighted by atomic mass is 16.5. The fraction of sp³-hybridized carbons (Fsp3) is 0.261. The smallest absolute Gasteiger partial charge is 0.165 e. The van der Waals surface area contributed by atoms with Gasteiger partial charge in [-0.05, 0) is 48.4 Å². The van der Waals surface area contributed by atoms with Gasteiger partial charge < -0.3 is 14.6 Å². The van der Waals surface area contributed by atoms with Crippen molar-refractivity contribution in [1.29, 1.82) is 0 Å². The highest BCUT2D eigenvalue weighted by molar-refractivity contribution is 6.06. The summed E-state index contributed by atoms with van der Waals surface area (Å²) < 4.78 is 11.4. The molecule has 2 atom stereocenters. The Morgan fingerprint density at radius 3 is 2.56 bits per heavy atom. The molecule has 138 valence electrons. The number of phenols is 1. The number of carbonyl (C=O) groups is 1. The van der Waals surface area contributed by atoms with Crippen molar-refractivity contribution in [2.75, 3.05) is 7.11 Å². The normalized spacial score (nSPS) is 19.9. The Bertz CT molecular complexity index is 1110. The minimum Gasteiger partial charge on any atom is -0.507 e.